The molecule has 0 radical (unpaired) electrons. The third kappa shape index (κ3) is 4.78. The van der Waals surface area contributed by atoms with Crippen LogP contribution in [0.3, 0.4) is 0 Å². The molecule has 0 aliphatic heterocycles. The Morgan fingerprint density at radius 2 is 1.64 bits per heavy atom. The summed E-state index contributed by atoms with van der Waals surface area (Å²) in [5.74, 6) is 2.60. The summed E-state index contributed by atoms with van der Waals surface area (Å²) in [6.07, 6.45) is 8.02. The first-order valence-electron chi connectivity index (χ1n) is 9.25. The van der Waals surface area contributed by atoms with Gasteiger partial charge in [0.15, 0.2) is 11.6 Å². The summed E-state index contributed by atoms with van der Waals surface area (Å²) in [5.41, 5.74) is 1.11. The molecule has 0 spiro atoms. The van der Waals surface area contributed by atoms with E-state index in [1.807, 2.05) is 61.5 Å². The second-order valence-corrected chi connectivity index (χ2v) is 7.02. The number of para-hydroxylation sites is 1. The van der Waals surface area contributed by atoms with E-state index in [-0.39, 0.29) is 0 Å². The van der Waals surface area contributed by atoms with Gasteiger partial charge in [0.05, 0.1) is 5.41 Å². The Morgan fingerprint density at radius 1 is 0.893 bits per heavy atom. The molecule has 1 atom stereocenters. The van der Waals surface area contributed by atoms with Crippen molar-refractivity contribution in [3.05, 3.63) is 95.6 Å². The lowest BCUT2D eigenvalue weighted by molar-refractivity contribution is 0.480. The molecule has 0 saturated heterocycles. The average Bonchev–Trinajstić information content (AvgIpc) is 2.71. The lowest BCUT2D eigenvalue weighted by Crippen LogP contribution is -2.20. The predicted octanol–water partition coefficient (Wildman–Crippen LogP) is 6.67. The van der Waals surface area contributed by atoms with Gasteiger partial charge < -0.3 is 4.74 Å². The van der Waals surface area contributed by atoms with Crippen molar-refractivity contribution in [2.24, 2.45) is 0 Å². The third-order valence-corrected chi connectivity index (χ3v) is 4.89. The van der Waals surface area contributed by atoms with Crippen LogP contribution in [-0.4, -0.2) is 0 Å². The Morgan fingerprint density at radius 3 is 2.36 bits per heavy atom. The van der Waals surface area contributed by atoms with Gasteiger partial charge in [0.25, 0.3) is 0 Å². The first kappa shape index (κ1) is 19.6. The minimum atomic E-state index is -0.871. The zero-order chi connectivity index (χ0) is 20.0. The van der Waals surface area contributed by atoms with Gasteiger partial charge in [-0.2, -0.15) is 0 Å². The van der Waals surface area contributed by atoms with E-state index in [4.69, 9.17) is 11.2 Å². The van der Waals surface area contributed by atoms with Crippen molar-refractivity contribution in [1.29, 1.82) is 0 Å². The molecule has 1 nitrogen and oxygen atoms in total. The largest absolute Gasteiger partial charge is 0.457 e. The topological polar surface area (TPSA) is 9.23 Å². The van der Waals surface area contributed by atoms with E-state index in [0.717, 1.165) is 36.0 Å². The molecule has 0 fully saturated rings. The second kappa shape index (κ2) is 8.71. The summed E-state index contributed by atoms with van der Waals surface area (Å²) in [6.45, 7) is 1.88. The van der Waals surface area contributed by atoms with Crippen LogP contribution in [0.25, 0.3) is 0 Å². The highest BCUT2D eigenvalue weighted by molar-refractivity contribution is 5.35. The van der Waals surface area contributed by atoms with Gasteiger partial charge in [0.2, 0.25) is 0 Å². The molecule has 3 aromatic rings. The quantitative estimate of drug-likeness (QED) is 0.418. The molecule has 1 unspecified atom stereocenters. The number of hydrogen-bond donors (Lipinski definition) is 0. The van der Waals surface area contributed by atoms with E-state index >= 15 is 0 Å². The van der Waals surface area contributed by atoms with Crippen molar-refractivity contribution in [2.75, 3.05) is 0 Å². The maximum atomic E-state index is 13.6. The molecule has 0 aromatic heterocycles. The fourth-order valence-electron chi connectivity index (χ4n) is 3.17. The zero-order valence-corrected chi connectivity index (χ0v) is 15.8. The maximum absolute atomic E-state index is 13.6. The van der Waals surface area contributed by atoms with E-state index in [1.165, 1.54) is 6.07 Å². The summed E-state index contributed by atoms with van der Waals surface area (Å²) in [5, 5.41) is 0. The normalized spacial score (nSPS) is 12.8. The van der Waals surface area contributed by atoms with Gasteiger partial charge >= 0.3 is 0 Å². The molecule has 3 heteroatoms. The number of terminal acetylenes is 1. The predicted molar refractivity (Wildman–Crippen MR) is 108 cm³/mol. The Bertz CT molecular complexity index is 975. The van der Waals surface area contributed by atoms with Gasteiger partial charge in [-0.1, -0.05) is 42.3 Å². The molecule has 0 saturated carbocycles. The lowest BCUT2D eigenvalue weighted by atomic mass is 9.78. The third-order valence-electron chi connectivity index (χ3n) is 4.89. The molecule has 0 aliphatic rings. The van der Waals surface area contributed by atoms with Crippen molar-refractivity contribution in [2.45, 2.75) is 31.6 Å². The highest BCUT2D eigenvalue weighted by Crippen LogP contribution is 2.30. The molecule has 0 N–H and O–H groups in total. The van der Waals surface area contributed by atoms with Crippen LogP contribution < -0.4 is 4.74 Å². The smallest absolute Gasteiger partial charge is 0.159 e. The van der Waals surface area contributed by atoms with Gasteiger partial charge in [-0.3, -0.25) is 0 Å². The minimum Gasteiger partial charge on any atom is -0.457 e. The van der Waals surface area contributed by atoms with Crippen LogP contribution in [0.2, 0.25) is 0 Å². The lowest BCUT2D eigenvalue weighted by Gasteiger charge is -2.24. The summed E-state index contributed by atoms with van der Waals surface area (Å²) in [7, 11) is 0. The van der Waals surface area contributed by atoms with Gasteiger partial charge in [0.1, 0.15) is 11.5 Å². The fourth-order valence-corrected chi connectivity index (χ4v) is 3.17. The van der Waals surface area contributed by atoms with Crippen LogP contribution in [-0.2, 0) is 11.8 Å². The van der Waals surface area contributed by atoms with E-state index in [0.29, 0.717) is 12.0 Å². The van der Waals surface area contributed by atoms with Crippen molar-refractivity contribution in [1.82, 2.24) is 0 Å². The number of ether oxygens (including phenoxy) is 1. The standard InChI is InChI=1S/C25H22F2O/c1-3-25(2,20-14-15-23(26)24(27)18-20)16-8-10-19-9-7-13-22(17-19)28-21-11-5-4-6-12-21/h1,4-7,9,11-15,17-18H,8,10,16H2,2H3. The SMILES string of the molecule is C#CC(C)(CCCc1cccc(Oc2ccccc2)c1)c1ccc(F)c(F)c1. The molecule has 142 valence electrons. The van der Waals surface area contributed by atoms with Crippen LogP contribution in [0.1, 0.15) is 30.9 Å². The first-order valence-corrected chi connectivity index (χ1v) is 9.25. The summed E-state index contributed by atoms with van der Waals surface area (Å²) >= 11 is 0. The minimum absolute atomic E-state index is 0.620. The van der Waals surface area contributed by atoms with Crippen LogP contribution in [0.4, 0.5) is 8.78 Å². The van der Waals surface area contributed by atoms with Gasteiger partial charge in [-0.15, -0.1) is 6.42 Å². The highest BCUT2D eigenvalue weighted by Gasteiger charge is 2.24. The van der Waals surface area contributed by atoms with Gasteiger partial charge in [-0.25, -0.2) is 8.78 Å². The fraction of sp³-hybridized carbons (Fsp3) is 0.200. The molecule has 0 aliphatic carbocycles. The number of benzene rings is 3. The van der Waals surface area contributed by atoms with Gasteiger partial charge in [-0.05, 0) is 73.7 Å². The highest BCUT2D eigenvalue weighted by atomic mass is 19.2. The molecule has 0 amide bonds. The van der Waals surface area contributed by atoms with Crippen molar-refractivity contribution in [3.8, 4) is 23.8 Å². The number of halogens is 2. The molecular weight excluding hydrogens is 354 g/mol. The number of rotatable bonds is 7. The summed E-state index contributed by atoms with van der Waals surface area (Å²) in [6, 6.07) is 21.4. The monoisotopic (exact) mass is 376 g/mol. The van der Waals surface area contributed by atoms with Crippen molar-refractivity contribution < 1.29 is 13.5 Å². The maximum Gasteiger partial charge on any atom is 0.159 e. The van der Waals surface area contributed by atoms with Gasteiger partial charge in [0, 0.05) is 0 Å². The Hall–Kier alpha value is -3.12. The molecule has 3 rings (SSSR count). The molecule has 3 aromatic carbocycles. The van der Waals surface area contributed by atoms with Crippen molar-refractivity contribution in [3.63, 3.8) is 0 Å². The average molecular weight is 376 g/mol. The number of hydrogen-bond acceptors (Lipinski definition) is 1. The summed E-state index contributed by atoms with van der Waals surface area (Å²) in [4.78, 5) is 0. The summed E-state index contributed by atoms with van der Waals surface area (Å²) < 4.78 is 32.7. The molecular formula is C25H22F2O. The Labute approximate surface area is 165 Å². The van der Waals surface area contributed by atoms with Crippen LogP contribution >= 0.6 is 0 Å². The van der Waals surface area contributed by atoms with Crippen LogP contribution in [0.15, 0.2) is 72.8 Å². The van der Waals surface area contributed by atoms with Crippen LogP contribution in [0, 0.1) is 24.0 Å². The Kier molecular flexibility index (Phi) is 6.11. The molecule has 28 heavy (non-hydrogen) atoms. The molecule has 0 heterocycles. The van der Waals surface area contributed by atoms with E-state index in [2.05, 4.69) is 5.92 Å². The first-order chi connectivity index (χ1) is 13.5. The Balaban J connectivity index is 1.64. The second-order valence-electron chi connectivity index (χ2n) is 7.02. The zero-order valence-electron chi connectivity index (χ0n) is 15.8. The van der Waals surface area contributed by atoms with Crippen molar-refractivity contribution >= 4 is 0 Å². The van der Waals surface area contributed by atoms with E-state index in [1.54, 1.807) is 6.07 Å². The van der Waals surface area contributed by atoms with E-state index < -0.39 is 17.0 Å². The van der Waals surface area contributed by atoms with Crippen LogP contribution in [0.5, 0.6) is 11.5 Å². The molecule has 0 bridgehead atoms. The number of aryl methyl sites for hydroxylation is 1. The van der Waals surface area contributed by atoms with E-state index in [9.17, 15) is 8.78 Å².